The summed E-state index contributed by atoms with van der Waals surface area (Å²) >= 11 is 4.60. The quantitative estimate of drug-likeness (QED) is 0.631. The summed E-state index contributed by atoms with van der Waals surface area (Å²) in [5, 5.41) is 0. The highest BCUT2D eigenvalue weighted by atomic mass is 32.1. The molecule has 104 valence electrons. The summed E-state index contributed by atoms with van der Waals surface area (Å²) in [5.74, 6) is 0. The van der Waals surface area contributed by atoms with Gasteiger partial charge in [-0.2, -0.15) is 0 Å². The first-order valence-corrected chi connectivity index (χ1v) is 7.64. The Morgan fingerprint density at radius 2 is 1.14 bits per heavy atom. The second-order valence-electron chi connectivity index (χ2n) is 5.29. The van der Waals surface area contributed by atoms with Crippen molar-refractivity contribution in [2.24, 2.45) is 0 Å². The Balaban J connectivity index is 1.83. The minimum atomic E-state index is 0.933. The molecule has 3 aromatic carbocycles. The predicted octanol–water partition coefficient (Wildman–Crippen LogP) is 5.16. The van der Waals surface area contributed by atoms with Crippen LogP contribution in [0, 0.1) is 0 Å². The average Bonchev–Trinajstić information content (AvgIpc) is 2.53. The van der Waals surface area contributed by atoms with E-state index in [1.54, 1.807) is 0 Å². The molecule has 0 aliphatic heterocycles. The molecule has 0 heterocycles. The smallest absolute Gasteiger partial charge is 0.00756 e. The van der Waals surface area contributed by atoms with E-state index < -0.39 is 0 Å². The molecule has 0 saturated heterocycles. The molecule has 0 N–H and O–H groups in total. The van der Waals surface area contributed by atoms with Crippen molar-refractivity contribution in [3.63, 3.8) is 0 Å². The molecule has 0 aromatic heterocycles. The van der Waals surface area contributed by atoms with E-state index in [1.807, 2.05) is 0 Å². The van der Waals surface area contributed by atoms with E-state index in [9.17, 15) is 0 Å². The molecule has 0 aliphatic rings. The second kappa shape index (κ2) is 6.64. The monoisotopic (exact) mass is 290 g/mol. The van der Waals surface area contributed by atoms with E-state index in [0.29, 0.717) is 0 Å². The van der Waals surface area contributed by atoms with Gasteiger partial charge in [-0.1, -0.05) is 72.8 Å². The van der Waals surface area contributed by atoms with Gasteiger partial charge in [0.1, 0.15) is 0 Å². The van der Waals surface area contributed by atoms with Gasteiger partial charge in [0, 0.05) is 4.90 Å². The summed E-state index contributed by atoms with van der Waals surface area (Å²) in [5.41, 5.74) is 5.29. The zero-order valence-corrected chi connectivity index (χ0v) is 12.8. The Hall–Kier alpha value is -1.99. The van der Waals surface area contributed by atoms with Gasteiger partial charge < -0.3 is 0 Å². The highest BCUT2D eigenvalue weighted by molar-refractivity contribution is 7.80. The summed E-state index contributed by atoms with van der Waals surface area (Å²) in [4.78, 5) is 1.07. The van der Waals surface area contributed by atoms with Gasteiger partial charge in [0.2, 0.25) is 0 Å². The maximum Gasteiger partial charge on any atom is 0.00756 e. The van der Waals surface area contributed by atoms with E-state index in [-0.39, 0.29) is 0 Å². The van der Waals surface area contributed by atoms with Crippen LogP contribution in [0.15, 0.2) is 83.8 Å². The van der Waals surface area contributed by atoms with E-state index in [2.05, 4.69) is 91.5 Å². The highest BCUT2D eigenvalue weighted by Gasteiger charge is 2.04. The van der Waals surface area contributed by atoms with Crippen LogP contribution >= 0.6 is 12.6 Å². The van der Waals surface area contributed by atoms with Crippen LogP contribution in [0.3, 0.4) is 0 Å². The SMILES string of the molecule is Sc1ccc(Cc2ccccc2)cc1Cc1ccccc1. The minimum Gasteiger partial charge on any atom is -0.143 e. The van der Waals surface area contributed by atoms with Crippen molar-refractivity contribution in [3.05, 3.63) is 101 Å². The van der Waals surface area contributed by atoms with Gasteiger partial charge in [-0.15, -0.1) is 12.6 Å². The maximum absolute atomic E-state index is 4.60. The van der Waals surface area contributed by atoms with E-state index in [4.69, 9.17) is 0 Å². The van der Waals surface area contributed by atoms with Crippen LogP contribution in [0.1, 0.15) is 22.3 Å². The number of benzene rings is 3. The van der Waals surface area contributed by atoms with Crippen LogP contribution in [0.5, 0.6) is 0 Å². The molecule has 0 amide bonds. The number of rotatable bonds is 4. The molecule has 0 unspecified atom stereocenters. The second-order valence-corrected chi connectivity index (χ2v) is 5.77. The first-order valence-electron chi connectivity index (χ1n) is 7.20. The molecule has 0 spiro atoms. The third-order valence-electron chi connectivity index (χ3n) is 3.63. The summed E-state index contributed by atoms with van der Waals surface area (Å²) in [6.45, 7) is 0. The van der Waals surface area contributed by atoms with E-state index >= 15 is 0 Å². The molecule has 0 atom stereocenters. The van der Waals surface area contributed by atoms with Crippen LogP contribution in [0.2, 0.25) is 0 Å². The summed E-state index contributed by atoms with van der Waals surface area (Å²) in [6, 6.07) is 27.7. The Labute approximate surface area is 131 Å². The Morgan fingerprint density at radius 1 is 0.571 bits per heavy atom. The fraction of sp³-hybridized carbons (Fsp3) is 0.100. The van der Waals surface area contributed by atoms with Crippen LogP contribution in [-0.2, 0) is 12.8 Å². The number of hydrogen-bond donors (Lipinski definition) is 1. The van der Waals surface area contributed by atoms with Gasteiger partial charge in [0.05, 0.1) is 0 Å². The summed E-state index contributed by atoms with van der Waals surface area (Å²) in [6.07, 6.45) is 1.90. The van der Waals surface area contributed by atoms with Crippen LogP contribution in [-0.4, -0.2) is 0 Å². The zero-order chi connectivity index (χ0) is 14.5. The summed E-state index contributed by atoms with van der Waals surface area (Å²) in [7, 11) is 0. The molecule has 0 aliphatic carbocycles. The molecular formula is C20H18S. The molecule has 0 fully saturated rings. The third-order valence-corrected chi connectivity index (χ3v) is 4.07. The van der Waals surface area contributed by atoms with Crippen LogP contribution in [0.4, 0.5) is 0 Å². The lowest BCUT2D eigenvalue weighted by atomic mass is 9.99. The number of thiol groups is 1. The largest absolute Gasteiger partial charge is 0.143 e. The molecule has 21 heavy (non-hydrogen) atoms. The lowest BCUT2D eigenvalue weighted by Gasteiger charge is -2.09. The normalized spacial score (nSPS) is 10.5. The van der Waals surface area contributed by atoms with E-state index in [1.165, 1.54) is 22.3 Å². The standard InChI is InChI=1S/C20H18S/c21-20-12-11-18(13-16-7-3-1-4-8-16)15-19(20)14-17-9-5-2-6-10-17/h1-12,15,21H,13-14H2. The van der Waals surface area contributed by atoms with Gasteiger partial charge >= 0.3 is 0 Å². The first kappa shape index (κ1) is 14.0. The van der Waals surface area contributed by atoms with Crippen molar-refractivity contribution in [2.75, 3.05) is 0 Å². The Bertz CT molecular complexity index is 702. The predicted molar refractivity (Wildman–Crippen MR) is 92.2 cm³/mol. The first-order chi connectivity index (χ1) is 10.3. The van der Waals surface area contributed by atoms with Gasteiger partial charge in [-0.3, -0.25) is 0 Å². The molecule has 0 bridgehead atoms. The van der Waals surface area contributed by atoms with Gasteiger partial charge in [-0.05, 0) is 41.2 Å². The van der Waals surface area contributed by atoms with Crippen molar-refractivity contribution in [1.82, 2.24) is 0 Å². The van der Waals surface area contributed by atoms with Crippen molar-refractivity contribution in [2.45, 2.75) is 17.7 Å². The van der Waals surface area contributed by atoms with Gasteiger partial charge in [0.15, 0.2) is 0 Å². The fourth-order valence-electron chi connectivity index (χ4n) is 2.54. The lowest BCUT2D eigenvalue weighted by Crippen LogP contribution is -1.94. The van der Waals surface area contributed by atoms with Crippen molar-refractivity contribution in [1.29, 1.82) is 0 Å². The van der Waals surface area contributed by atoms with Crippen LogP contribution < -0.4 is 0 Å². The number of hydrogen-bond acceptors (Lipinski definition) is 1. The lowest BCUT2D eigenvalue weighted by molar-refractivity contribution is 1.09. The molecule has 3 aromatic rings. The van der Waals surface area contributed by atoms with Crippen LogP contribution in [0.25, 0.3) is 0 Å². The highest BCUT2D eigenvalue weighted by Crippen LogP contribution is 2.21. The minimum absolute atomic E-state index is 0.933. The molecule has 3 rings (SSSR count). The fourth-order valence-corrected chi connectivity index (χ4v) is 2.76. The molecule has 1 heteroatoms. The zero-order valence-electron chi connectivity index (χ0n) is 11.9. The van der Waals surface area contributed by atoms with Crippen molar-refractivity contribution >= 4 is 12.6 Å². The molecule has 0 radical (unpaired) electrons. The summed E-state index contributed by atoms with van der Waals surface area (Å²) < 4.78 is 0. The molecule has 0 nitrogen and oxygen atoms in total. The average molecular weight is 290 g/mol. The Kier molecular flexibility index (Phi) is 4.42. The maximum atomic E-state index is 4.60. The van der Waals surface area contributed by atoms with Crippen molar-refractivity contribution < 1.29 is 0 Å². The van der Waals surface area contributed by atoms with Crippen molar-refractivity contribution in [3.8, 4) is 0 Å². The molecular weight excluding hydrogens is 272 g/mol. The van der Waals surface area contributed by atoms with Gasteiger partial charge in [-0.25, -0.2) is 0 Å². The topological polar surface area (TPSA) is 0 Å². The third kappa shape index (κ3) is 3.77. The Morgan fingerprint density at radius 3 is 1.76 bits per heavy atom. The molecule has 0 saturated carbocycles. The van der Waals surface area contributed by atoms with E-state index in [0.717, 1.165) is 17.7 Å². The van der Waals surface area contributed by atoms with Gasteiger partial charge in [0.25, 0.3) is 0 Å².